The highest BCUT2D eigenvalue weighted by Crippen LogP contribution is 2.32. The number of alkyl halides is 2. The van der Waals surface area contributed by atoms with Crippen LogP contribution in [0.5, 0.6) is 5.75 Å². The summed E-state index contributed by atoms with van der Waals surface area (Å²) in [5.74, 6) is -5.59. The Morgan fingerprint density at radius 3 is 2.56 bits per heavy atom. The lowest BCUT2D eigenvalue weighted by molar-refractivity contribution is -0.121. The molecule has 0 saturated heterocycles. The van der Waals surface area contributed by atoms with Crippen molar-refractivity contribution in [2.45, 2.75) is 33.1 Å². The van der Waals surface area contributed by atoms with E-state index in [-0.39, 0.29) is 40.7 Å². The molecule has 0 bridgehead atoms. The van der Waals surface area contributed by atoms with E-state index >= 15 is 4.39 Å². The first-order chi connectivity index (χ1) is 15.1. The number of carbonyl (C=O) groups excluding carboxylic acids is 2. The van der Waals surface area contributed by atoms with Gasteiger partial charge in [0.2, 0.25) is 5.91 Å². The molecule has 0 radical (unpaired) electrons. The van der Waals surface area contributed by atoms with E-state index in [1.54, 1.807) is 32.0 Å². The van der Waals surface area contributed by atoms with Gasteiger partial charge in [0.15, 0.2) is 13.2 Å². The van der Waals surface area contributed by atoms with Crippen molar-refractivity contribution in [2.75, 3.05) is 13.2 Å². The average molecular weight is 448 g/mol. The third-order valence-corrected chi connectivity index (χ3v) is 5.01. The Bertz CT molecular complexity index is 1050. The van der Waals surface area contributed by atoms with Gasteiger partial charge < -0.3 is 9.47 Å². The van der Waals surface area contributed by atoms with Gasteiger partial charge in [0.05, 0.1) is 11.3 Å². The molecule has 0 aromatic heterocycles. The lowest BCUT2D eigenvalue weighted by Crippen LogP contribution is -2.33. The van der Waals surface area contributed by atoms with Crippen LogP contribution in [0.2, 0.25) is 0 Å². The van der Waals surface area contributed by atoms with E-state index in [0.29, 0.717) is 11.3 Å². The zero-order chi connectivity index (χ0) is 23.5. The highest BCUT2D eigenvalue weighted by Gasteiger charge is 2.34. The molecule has 1 atom stereocenters. The molecule has 1 amide bonds. The van der Waals surface area contributed by atoms with E-state index in [1.165, 1.54) is 25.1 Å². The minimum atomic E-state index is -3.48. The molecular weight excluding hydrogens is 425 g/mol. The van der Waals surface area contributed by atoms with Crippen molar-refractivity contribution < 1.29 is 32.2 Å². The average Bonchev–Trinajstić information content (AvgIpc) is 2.75. The van der Waals surface area contributed by atoms with Gasteiger partial charge in [-0.05, 0) is 37.6 Å². The molecule has 6 nitrogen and oxygen atoms in total. The smallest absolute Gasteiger partial charge is 0.338 e. The molecule has 1 N–H and O–H groups in total. The first-order valence-corrected chi connectivity index (χ1v) is 9.98. The number of nitrogens with zero attached hydrogens (tertiary/aromatic N) is 1. The van der Waals surface area contributed by atoms with Crippen molar-refractivity contribution in [3.63, 3.8) is 0 Å². The summed E-state index contributed by atoms with van der Waals surface area (Å²) >= 11 is 0. The molecule has 170 valence electrons. The van der Waals surface area contributed by atoms with Crippen LogP contribution in [-0.2, 0) is 9.53 Å². The molecule has 0 saturated carbocycles. The number of aryl methyl sites for hydroxylation is 1. The molecule has 2 aromatic carbocycles. The quantitative estimate of drug-likeness (QED) is 0.645. The largest absolute Gasteiger partial charge is 0.486 e. The lowest BCUT2D eigenvalue weighted by Gasteiger charge is -2.23. The summed E-state index contributed by atoms with van der Waals surface area (Å²) in [6.45, 7) is 2.51. The SMILES string of the molecule is Cc1cc(C2=NNC(=O)CC2C)c(F)c(C)c1OCC(F)(F)COC(=O)c1ccccc1. The fraction of sp³-hybridized carbons (Fsp3) is 0.348. The fourth-order valence-electron chi connectivity index (χ4n) is 3.38. The van der Waals surface area contributed by atoms with Crippen LogP contribution in [0.25, 0.3) is 0 Å². The number of nitrogens with one attached hydrogen (secondary N) is 1. The van der Waals surface area contributed by atoms with Crippen LogP contribution < -0.4 is 10.2 Å². The number of esters is 1. The van der Waals surface area contributed by atoms with E-state index in [9.17, 15) is 18.4 Å². The number of hydrogen-bond donors (Lipinski definition) is 1. The molecule has 1 heterocycles. The van der Waals surface area contributed by atoms with Gasteiger partial charge in [0.1, 0.15) is 11.6 Å². The monoisotopic (exact) mass is 448 g/mol. The molecule has 0 fully saturated rings. The van der Waals surface area contributed by atoms with Gasteiger partial charge in [-0.1, -0.05) is 25.1 Å². The van der Waals surface area contributed by atoms with Gasteiger partial charge in [-0.3, -0.25) is 4.79 Å². The van der Waals surface area contributed by atoms with Gasteiger partial charge in [0.25, 0.3) is 0 Å². The van der Waals surface area contributed by atoms with Crippen LogP contribution in [0, 0.1) is 25.6 Å². The van der Waals surface area contributed by atoms with Crippen LogP contribution in [0.4, 0.5) is 13.2 Å². The number of benzene rings is 2. The highest BCUT2D eigenvalue weighted by atomic mass is 19.3. The second-order valence-electron chi connectivity index (χ2n) is 7.73. The zero-order valence-electron chi connectivity index (χ0n) is 17.9. The van der Waals surface area contributed by atoms with Gasteiger partial charge in [0, 0.05) is 23.5 Å². The standard InChI is InChI=1S/C23H23F3N2O4/c1-13-10-18(29)27-28-20(13)17-9-14(2)21(15(3)19(17)24)31-11-23(25,26)12-32-22(30)16-7-5-4-6-8-16/h4-9,13H,10-12H2,1-3H3,(H,27,29). The molecule has 1 aliphatic rings. The van der Waals surface area contributed by atoms with E-state index in [1.807, 2.05) is 0 Å². The zero-order valence-corrected chi connectivity index (χ0v) is 17.9. The van der Waals surface area contributed by atoms with Crippen molar-refractivity contribution in [1.82, 2.24) is 5.43 Å². The Morgan fingerprint density at radius 2 is 1.91 bits per heavy atom. The summed E-state index contributed by atoms with van der Waals surface area (Å²) in [5, 5.41) is 3.95. The predicted octanol–water partition coefficient (Wildman–Crippen LogP) is 4.17. The van der Waals surface area contributed by atoms with Gasteiger partial charge >= 0.3 is 11.9 Å². The molecule has 0 spiro atoms. The van der Waals surface area contributed by atoms with E-state index < -0.39 is 30.9 Å². The topological polar surface area (TPSA) is 77.0 Å². The van der Waals surface area contributed by atoms with Crippen LogP contribution >= 0.6 is 0 Å². The van der Waals surface area contributed by atoms with Gasteiger partial charge in [-0.2, -0.15) is 13.9 Å². The number of hydrogen-bond acceptors (Lipinski definition) is 5. The third-order valence-electron chi connectivity index (χ3n) is 5.01. The van der Waals surface area contributed by atoms with Crippen molar-refractivity contribution >= 4 is 17.6 Å². The molecule has 1 aliphatic heterocycles. The maximum absolute atomic E-state index is 15.0. The van der Waals surface area contributed by atoms with E-state index in [4.69, 9.17) is 9.47 Å². The van der Waals surface area contributed by atoms with E-state index in [0.717, 1.165) is 0 Å². The second kappa shape index (κ2) is 9.42. The number of hydrazone groups is 1. The summed E-state index contributed by atoms with van der Waals surface area (Å²) in [5.41, 5.74) is 3.52. The molecule has 9 heteroatoms. The minimum Gasteiger partial charge on any atom is -0.486 e. The third kappa shape index (κ3) is 5.27. The molecule has 1 unspecified atom stereocenters. The van der Waals surface area contributed by atoms with Crippen molar-refractivity contribution in [1.29, 1.82) is 0 Å². The Balaban J connectivity index is 1.70. The highest BCUT2D eigenvalue weighted by molar-refractivity contribution is 6.06. The van der Waals surface area contributed by atoms with Gasteiger partial charge in [-0.25, -0.2) is 14.6 Å². The van der Waals surface area contributed by atoms with Crippen LogP contribution in [-0.4, -0.2) is 36.7 Å². The Labute approximate surface area is 183 Å². The molecular formula is C23H23F3N2O4. The van der Waals surface area contributed by atoms with Gasteiger partial charge in [-0.15, -0.1) is 0 Å². The summed E-state index contributed by atoms with van der Waals surface area (Å²) in [6, 6.07) is 9.24. The summed E-state index contributed by atoms with van der Waals surface area (Å²) in [4.78, 5) is 23.3. The molecule has 2 aromatic rings. The number of rotatable bonds is 7. The summed E-state index contributed by atoms with van der Waals surface area (Å²) in [7, 11) is 0. The number of amides is 1. The Morgan fingerprint density at radius 1 is 1.22 bits per heavy atom. The first-order valence-electron chi connectivity index (χ1n) is 9.98. The maximum atomic E-state index is 15.0. The Hall–Kier alpha value is -3.36. The number of ether oxygens (including phenoxy) is 2. The van der Waals surface area contributed by atoms with Crippen LogP contribution in [0.1, 0.15) is 40.4 Å². The molecule has 3 rings (SSSR count). The van der Waals surface area contributed by atoms with Crippen molar-refractivity contribution in [3.05, 3.63) is 64.5 Å². The minimum absolute atomic E-state index is 0.0200. The molecule has 32 heavy (non-hydrogen) atoms. The normalized spacial score (nSPS) is 16.2. The fourth-order valence-corrected chi connectivity index (χ4v) is 3.38. The van der Waals surface area contributed by atoms with Crippen LogP contribution in [0.3, 0.4) is 0 Å². The second-order valence-corrected chi connectivity index (χ2v) is 7.73. The number of halogens is 3. The van der Waals surface area contributed by atoms with Crippen LogP contribution in [0.15, 0.2) is 41.5 Å². The maximum Gasteiger partial charge on any atom is 0.338 e. The summed E-state index contributed by atoms with van der Waals surface area (Å²) in [6.07, 6.45) is 0.169. The Kier molecular flexibility index (Phi) is 6.86. The molecule has 0 aliphatic carbocycles. The predicted molar refractivity (Wildman–Crippen MR) is 112 cm³/mol. The first kappa shape index (κ1) is 23.3. The van der Waals surface area contributed by atoms with E-state index in [2.05, 4.69) is 10.5 Å². The summed E-state index contributed by atoms with van der Waals surface area (Å²) < 4.78 is 53.5. The number of carbonyl (C=O) groups is 2. The van der Waals surface area contributed by atoms with Crippen molar-refractivity contribution in [3.8, 4) is 5.75 Å². The van der Waals surface area contributed by atoms with Crippen molar-refractivity contribution in [2.24, 2.45) is 11.0 Å². The lowest BCUT2D eigenvalue weighted by atomic mass is 9.91.